The predicted molar refractivity (Wildman–Crippen MR) is 24.5 cm³/mol. The minimum Gasteiger partial charge on any atom is -0.326 e. The van der Waals surface area contributed by atoms with E-state index in [1.807, 2.05) is 0 Å². The summed E-state index contributed by atoms with van der Waals surface area (Å²) < 4.78 is 0. The molecule has 1 aliphatic rings. The van der Waals surface area contributed by atoms with E-state index >= 15 is 0 Å². The molecule has 1 atom stereocenters. The first-order valence-corrected chi connectivity index (χ1v) is 2.28. The van der Waals surface area contributed by atoms with Crippen LogP contribution in [0, 0.1) is 0 Å². The number of nitrogens with zero attached hydrogens (tertiary/aromatic N) is 1. The van der Waals surface area contributed by atoms with Gasteiger partial charge in [0.15, 0.2) is 0 Å². The van der Waals surface area contributed by atoms with Gasteiger partial charge >= 0.3 is 0 Å². The van der Waals surface area contributed by atoms with Crippen LogP contribution in [-0.4, -0.2) is 19.1 Å². The average Bonchev–Trinajstić information content (AvgIpc) is 1.86. The SMILES string of the molecule is N[C@@H]1CC[N]C1. The smallest absolute Gasteiger partial charge is 0.0285 e. The molecule has 35 valence electrons. The van der Waals surface area contributed by atoms with Crippen LogP contribution in [0.3, 0.4) is 0 Å². The Hall–Kier alpha value is -0.0800. The van der Waals surface area contributed by atoms with Crippen molar-refractivity contribution < 1.29 is 0 Å². The molecule has 0 aromatic carbocycles. The molecule has 0 spiro atoms. The topological polar surface area (TPSA) is 40.1 Å². The minimum atomic E-state index is 0.380. The molecule has 1 heterocycles. The Kier molecular flexibility index (Phi) is 1.08. The van der Waals surface area contributed by atoms with Crippen LogP contribution in [-0.2, 0) is 0 Å². The van der Waals surface area contributed by atoms with Gasteiger partial charge in [-0.15, -0.1) is 0 Å². The van der Waals surface area contributed by atoms with Gasteiger partial charge in [-0.05, 0) is 6.42 Å². The van der Waals surface area contributed by atoms with Gasteiger partial charge in [-0.2, -0.15) is 0 Å². The van der Waals surface area contributed by atoms with Crippen LogP contribution in [0.1, 0.15) is 6.42 Å². The third kappa shape index (κ3) is 0.698. The van der Waals surface area contributed by atoms with E-state index in [2.05, 4.69) is 5.32 Å². The molecule has 0 aliphatic carbocycles. The molecule has 6 heavy (non-hydrogen) atoms. The van der Waals surface area contributed by atoms with Gasteiger partial charge in [0.2, 0.25) is 0 Å². The molecule has 2 nitrogen and oxygen atoms in total. The second-order valence-corrected chi connectivity index (χ2v) is 1.68. The molecule has 1 aliphatic heterocycles. The van der Waals surface area contributed by atoms with Gasteiger partial charge in [0, 0.05) is 19.1 Å². The third-order valence-electron chi connectivity index (χ3n) is 1.02. The molecule has 1 saturated heterocycles. The van der Waals surface area contributed by atoms with Gasteiger partial charge in [-0.3, -0.25) is 0 Å². The molecule has 1 fully saturated rings. The van der Waals surface area contributed by atoms with Gasteiger partial charge in [-0.25, -0.2) is 5.32 Å². The zero-order chi connectivity index (χ0) is 4.41. The summed E-state index contributed by atoms with van der Waals surface area (Å²) in [5.41, 5.74) is 5.44. The molecule has 2 N–H and O–H groups in total. The zero-order valence-corrected chi connectivity index (χ0v) is 3.72. The summed E-state index contributed by atoms with van der Waals surface area (Å²) in [7, 11) is 0. The van der Waals surface area contributed by atoms with Crippen LogP contribution in [0.5, 0.6) is 0 Å². The molecule has 1 rings (SSSR count). The van der Waals surface area contributed by atoms with Crippen molar-refractivity contribution in [2.45, 2.75) is 12.5 Å². The fraction of sp³-hybridized carbons (Fsp3) is 1.00. The standard InChI is InChI=1S/C4H9N2/c5-4-1-2-6-3-4/h4H,1-3,5H2/t4-/m1/s1. The van der Waals surface area contributed by atoms with Crippen LogP contribution in [0.15, 0.2) is 0 Å². The number of nitrogens with two attached hydrogens (primary N) is 1. The molecule has 0 bridgehead atoms. The van der Waals surface area contributed by atoms with Crippen LogP contribution in [0.25, 0.3) is 0 Å². The van der Waals surface area contributed by atoms with Gasteiger partial charge in [0.05, 0.1) is 0 Å². The first kappa shape index (κ1) is 4.09. The fourth-order valence-corrected chi connectivity index (χ4v) is 0.606. The quantitative estimate of drug-likeness (QED) is 0.416. The van der Waals surface area contributed by atoms with E-state index in [-0.39, 0.29) is 0 Å². The molecule has 0 amide bonds. The normalized spacial score (nSPS) is 34.5. The van der Waals surface area contributed by atoms with Crippen molar-refractivity contribution in [3.05, 3.63) is 0 Å². The number of hydrogen-bond acceptors (Lipinski definition) is 1. The van der Waals surface area contributed by atoms with E-state index < -0.39 is 0 Å². The Labute approximate surface area is 37.7 Å². The van der Waals surface area contributed by atoms with Crippen LogP contribution >= 0.6 is 0 Å². The number of rotatable bonds is 0. The van der Waals surface area contributed by atoms with Crippen LogP contribution in [0.4, 0.5) is 0 Å². The highest BCUT2D eigenvalue weighted by molar-refractivity contribution is 4.71. The summed E-state index contributed by atoms with van der Waals surface area (Å²) in [6, 6.07) is 0.380. The summed E-state index contributed by atoms with van der Waals surface area (Å²) in [5.74, 6) is 0. The lowest BCUT2D eigenvalue weighted by Crippen LogP contribution is -2.19. The summed E-state index contributed by atoms with van der Waals surface area (Å²) in [6.07, 6.45) is 1.10. The molecular formula is C4H9N2. The van der Waals surface area contributed by atoms with E-state index in [0.29, 0.717) is 6.04 Å². The predicted octanol–water partition coefficient (Wildman–Crippen LogP) is -0.678. The Bertz CT molecular complexity index is 38.8. The Balaban J connectivity index is 2.18. The van der Waals surface area contributed by atoms with Gasteiger partial charge in [0.1, 0.15) is 0 Å². The fourth-order valence-electron chi connectivity index (χ4n) is 0.606. The molecule has 0 aromatic heterocycles. The van der Waals surface area contributed by atoms with Gasteiger partial charge in [-0.1, -0.05) is 0 Å². The molecule has 1 radical (unpaired) electrons. The van der Waals surface area contributed by atoms with Gasteiger partial charge in [0.25, 0.3) is 0 Å². The van der Waals surface area contributed by atoms with Gasteiger partial charge < -0.3 is 5.73 Å². The molecule has 2 heteroatoms. The summed E-state index contributed by atoms with van der Waals surface area (Å²) in [6.45, 7) is 1.88. The van der Waals surface area contributed by atoms with Crippen molar-refractivity contribution in [1.82, 2.24) is 5.32 Å². The largest absolute Gasteiger partial charge is 0.326 e. The molecular weight excluding hydrogens is 76.1 g/mol. The van der Waals surface area contributed by atoms with E-state index in [4.69, 9.17) is 5.73 Å². The second kappa shape index (κ2) is 1.58. The first-order chi connectivity index (χ1) is 2.89. The van der Waals surface area contributed by atoms with Crippen LogP contribution in [0.2, 0.25) is 0 Å². The maximum Gasteiger partial charge on any atom is 0.0285 e. The molecule has 0 aromatic rings. The zero-order valence-electron chi connectivity index (χ0n) is 3.72. The highest BCUT2D eigenvalue weighted by Crippen LogP contribution is 1.92. The highest BCUT2D eigenvalue weighted by Gasteiger charge is 2.08. The van der Waals surface area contributed by atoms with E-state index in [0.717, 1.165) is 19.5 Å². The van der Waals surface area contributed by atoms with Crippen LogP contribution < -0.4 is 11.1 Å². The van der Waals surface area contributed by atoms with Crippen molar-refractivity contribution in [2.24, 2.45) is 5.73 Å². The summed E-state index contributed by atoms with van der Waals surface area (Å²) >= 11 is 0. The molecule has 0 saturated carbocycles. The second-order valence-electron chi connectivity index (χ2n) is 1.68. The Morgan fingerprint density at radius 3 is 2.67 bits per heavy atom. The lowest BCUT2D eigenvalue weighted by atomic mass is 10.3. The van der Waals surface area contributed by atoms with Crippen molar-refractivity contribution in [3.8, 4) is 0 Å². The lowest BCUT2D eigenvalue weighted by molar-refractivity contribution is 0.739. The third-order valence-corrected chi connectivity index (χ3v) is 1.02. The van der Waals surface area contributed by atoms with Crippen molar-refractivity contribution >= 4 is 0 Å². The Morgan fingerprint density at radius 1 is 1.67 bits per heavy atom. The number of hydrogen-bond donors (Lipinski definition) is 1. The maximum absolute atomic E-state index is 5.44. The van der Waals surface area contributed by atoms with E-state index in [1.165, 1.54) is 0 Å². The van der Waals surface area contributed by atoms with E-state index in [9.17, 15) is 0 Å². The van der Waals surface area contributed by atoms with Crippen molar-refractivity contribution in [1.29, 1.82) is 0 Å². The molecule has 0 unspecified atom stereocenters. The Morgan fingerprint density at radius 2 is 2.50 bits per heavy atom. The van der Waals surface area contributed by atoms with Crippen molar-refractivity contribution in [3.63, 3.8) is 0 Å². The average molecular weight is 85.1 g/mol. The monoisotopic (exact) mass is 85.1 g/mol. The minimum absolute atomic E-state index is 0.380. The first-order valence-electron chi connectivity index (χ1n) is 2.28. The van der Waals surface area contributed by atoms with E-state index in [1.54, 1.807) is 0 Å². The van der Waals surface area contributed by atoms with Crippen molar-refractivity contribution in [2.75, 3.05) is 13.1 Å². The summed E-state index contributed by atoms with van der Waals surface area (Å²) in [5, 5.41) is 4.04. The highest BCUT2D eigenvalue weighted by atomic mass is 14.9. The maximum atomic E-state index is 5.44. The summed E-state index contributed by atoms with van der Waals surface area (Å²) in [4.78, 5) is 0. The lowest BCUT2D eigenvalue weighted by Gasteiger charge is -1.91.